The number of hydrogen-bond acceptors (Lipinski definition) is 4. The van der Waals surface area contributed by atoms with Crippen molar-refractivity contribution in [1.29, 1.82) is 0 Å². The van der Waals surface area contributed by atoms with E-state index in [-0.39, 0.29) is 30.7 Å². The molecule has 7 heteroatoms. The van der Waals surface area contributed by atoms with Crippen molar-refractivity contribution in [2.45, 2.75) is 19.8 Å². The lowest BCUT2D eigenvalue weighted by Crippen LogP contribution is -2.38. The van der Waals surface area contributed by atoms with Crippen LogP contribution in [0.3, 0.4) is 0 Å². The molecular formula is C21H24ClNO4S. The number of amides is 1. The standard InChI is InChI=1S/C21H24ClNO4S/c1-15(2)13-23(11-12-28(22,25)26)21(24)27-14-20-18-9-5-3-7-16(18)17-8-4-6-10-19(17)20/h3-10,15,20H,11-14H2,1-2H3. The summed E-state index contributed by atoms with van der Waals surface area (Å²) in [5.41, 5.74) is 4.59. The second-order valence-electron chi connectivity index (χ2n) is 7.39. The van der Waals surface area contributed by atoms with Crippen LogP contribution in [0.5, 0.6) is 0 Å². The minimum absolute atomic E-state index is 0.0146. The Labute approximate surface area is 170 Å². The highest BCUT2D eigenvalue weighted by molar-refractivity contribution is 8.13. The average Bonchev–Trinajstić information content (AvgIpc) is 2.96. The van der Waals surface area contributed by atoms with Gasteiger partial charge in [0.1, 0.15) is 6.61 Å². The monoisotopic (exact) mass is 421 g/mol. The lowest BCUT2D eigenvalue weighted by atomic mass is 9.98. The molecule has 0 saturated carbocycles. The van der Waals surface area contributed by atoms with Gasteiger partial charge in [-0.3, -0.25) is 0 Å². The van der Waals surface area contributed by atoms with Crippen LogP contribution < -0.4 is 0 Å². The maximum absolute atomic E-state index is 12.6. The van der Waals surface area contributed by atoms with E-state index in [0.29, 0.717) is 6.54 Å². The summed E-state index contributed by atoms with van der Waals surface area (Å²) in [6.45, 7) is 4.54. The van der Waals surface area contributed by atoms with Gasteiger partial charge in [-0.1, -0.05) is 62.4 Å². The number of ether oxygens (including phenoxy) is 1. The van der Waals surface area contributed by atoms with Crippen LogP contribution in [0.15, 0.2) is 48.5 Å². The van der Waals surface area contributed by atoms with Gasteiger partial charge in [0.2, 0.25) is 9.05 Å². The highest BCUT2D eigenvalue weighted by Crippen LogP contribution is 2.44. The molecule has 0 heterocycles. The van der Waals surface area contributed by atoms with Crippen molar-refractivity contribution < 1.29 is 17.9 Å². The van der Waals surface area contributed by atoms with Crippen LogP contribution in [0.4, 0.5) is 4.79 Å². The Bertz CT molecular complexity index is 913. The summed E-state index contributed by atoms with van der Waals surface area (Å²) >= 11 is 0. The van der Waals surface area contributed by atoms with Crippen LogP contribution >= 0.6 is 10.7 Å². The number of rotatable bonds is 7. The third-order valence-corrected chi connectivity index (χ3v) is 5.92. The highest BCUT2D eigenvalue weighted by Gasteiger charge is 2.30. The van der Waals surface area contributed by atoms with Crippen LogP contribution in [-0.4, -0.2) is 44.9 Å². The Kier molecular flexibility index (Phi) is 6.30. The Morgan fingerprint density at radius 2 is 1.61 bits per heavy atom. The molecule has 0 N–H and O–H groups in total. The first-order chi connectivity index (χ1) is 13.3. The van der Waals surface area contributed by atoms with Gasteiger partial charge in [-0.2, -0.15) is 0 Å². The molecule has 3 rings (SSSR count). The van der Waals surface area contributed by atoms with Gasteiger partial charge < -0.3 is 9.64 Å². The van der Waals surface area contributed by atoms with Crippen molar-refractivity contribution in [3.05, 3.63) is 59.7 Å². The normalized spacial score (nSPS) is 13.3. The molecule has 0 saturated heterocycles. The quantitative estimate of drug-likeness (QED) is 0.619. The van der Waals surface area contributed by atoms with Crippen LogP contribution in [0.25, 0.3) is 11.1 Å². The van der Waals surface area contributed by atoms with E-state index in [1.807, 2.05) is 38.1 Å². The maximum Gasteiger partial charge on any atom is 0.409 e. The number of carbonyl (C=O) groups is 1. The molecule has 2 aromatic carbocycles. The van der Waals surface area contributed by atoms with Gasteiger partial charge in [0.15, 0.2) is 0 Å². The largest absolute Gasteiger partial charge is 0.448 e. The Hall–Kier alpha value is -2.05. The summed E-state index contributed by atoms with van der Waals surface area (Å²) in [6, 6.07) is 16.2. The zero-order valence-corrected chi connectivity index (χ0v) is 17.5. The molecule has 5 nitrogen and oxygen atoms in total. The molecule has 2 aromatic rings. The maximum atomic E-state index is 12.6. The third kappa shape index (κ3) is 4.86. The molecule has 1 aliphatic carbocycles. The number of benzene rings is 2. The molecule has 0 unspecified atom stereocenters. The molecule has 150 valence electrons. The fourth-order valence-electron chi connectivity index (χ4n) is 3.60. The number of carbonyl (C=O) groups excluding carboxylic acids is 1. The fraction of sp³-hybridized carbons (Fsp3) is 0.381. The van der Waals surface area contributed by atoms with E-state index in [1.54, 1.807) is 0 Å². The van der Waals surface area contributed by atoms with Crippen molar-refractivity contribution in [2.75, 3.05) is 25.4 Å². The molecule has 0 spiro atoms. The van der Waals surface area contributed by atoms with Crippen LogP contribution in [0, 0.1) is 5.92 Å². The van der Waals surface area contributed by atoms with Crippen LogP contribution in [0.2, 0.25) is 0 Å². The number of hydrogen-bond donors (Lipinski definition) is 0. The van der Waals surface area contributed by atoms with Crippen LogP contribution in [0.1, 0.15) is 30.9 Å². The Balaban J connectivity index is 1.74. The zero-order chi connectivity index (χ0) is 20.3. The number of nitrogens with zero attached hydrogens (tertiary/aromatic N) is 1. The molecule has 1 aliphatic rings. The third-order valence-electron chi connectivity index (χ3n) is 4.78. The SMILES string of the molecule is CC(C)CN(CCS(=O)(=O)Cl)C(=O)OCC1c2ccccc2-c2ccccc21. The molecule has 0 radical (unpaired) electrons. The lowest BCUT2D eigenvalue weighted by Gasteiger charge is -2.24. The van der Waals surface area contributed by atoms with E-state index in [0.717, 1.165) is 22.3 Å². The predicted molar refractivity (Wildman–Crippen MR) is 111 cm³/mol. The van der Waals surface area contributed by atoms with Gasteiger partial charge in [-0.05, 0) is 28.2 Å². The molecule has 0 fully saturated rings. The van der Waals surface area contributed by atoms with Crippen molar-refractivity contribution in [3.8, 4) is 11.1 Å². The Morgan fingerprint density at radius 1 is 1.07 bits per heavy atom. The highest BCUT2D eigenvalue weighted by atomic mass is 35.7. The topological polar surface area (TPSA) is 63.7 Å². The van der Waals surface area contributed by atoms with Gasteiger partial charge in [-0.25, -0.2) is 13.2 Å². The summed E-state index contributed by atoms with van der Waals surface area (Å²) in [4.78, 5) is 14.1. The zero-order valence-electron chi connectivity index (χ0n) is 16.0. The smallest absolute Gasteiger partial charge is 0.409 e. The van der Waals surface area contributed by atoms with E-state index < -0.39 is 15.1 Å². The van der Waals surface area contributed by atoms with Crippen LogP contribution in [-0.2, 0) is 13.8 Å². The molecule has 28 heavy (non-hydrogen) atoms. The summed E-state index contributed by atoms with van der Waals surface area (Å²) in [5.74, 6) is -0.154. The molecule has 0 aliphatic heterocycles. The van der Waals surface area contributed by atoms with Gasteiger partial charge >= 0.3 is 6.09 Å². The van der Waals surface area contributed by atoms with Gasteiger partial charge in [-0.15, -0.1) is 0 Å². The van der Waals surface area contributed by atoms with Crippen molar-refractivity contribution in [2.24, 2.45) is 5.92 Å². The first-order valence-electron chi connectivity index (χ1n) is 9.28. The van der Waals surface area contributed by atoms with Crippen molar-refractivity contribution >= 4 is 25.8 Å². The van der Waals surface area contributed by atoms with Gasteiger partial charge in [0.25, 0.3) is 0 Å². The predicted octanol–water partition coefficient (Wildman–Crippen LogP) is 4.46. The molecule has 1 amide bonds. The second-order valence-corrected chi connectivity index (χ2v) is 10.3. The summed E-state index contributed by atoms with van der Waals surface area (Å²) in [7, 11) is 1.63. The van der Waals surface area contributed by atoms with Gasteiger partial charge in [0.05, 0.1) is 5.75 Å². The van der Waals surface area contributed by atoms with E-state index >= 15 is 0 Å². The van der Waals surface area contributed by atoms with Gasteiger partial charge in [0, 0.05) is 29.7 Å². The molecule has 0 atom stereocenters. The minimum atomic E-state index is -3.68. The molecular weight excluding hydrogens is 398 g/mol. The van der Waals surface area contributed by atoms with E-state index in [2.05, 4.69) is 24.3 Å². The number of fused-ring (bicyclic) bond motifs is 3. The average molecular weight is 422 g/mol. The fourth-order valence-corrected chi connectivity index (χ4v) is 4.25. The summed E-state index contributed by atoms with van der Waals surface area (Å²) < 4.78 is 28.2. The molecule has 0 bridgehead atoms. The minimum Gasteiger partial charge on any atom is -0.448 e. The number of halogens is 1. The van der Waals surface area contributed by atoms with E-state index in [4.69, 9.17) is 15.4 Å². The van der Waals surface area contributed by atoms with E-state index in [9.17, 15) is 13.2 Å². The Morgan fingerprint density at radius 3 is 2.11 bits per heavy atom. The lowest BCUT2D eigenvalue weighted by molar-refractivity contribution is 0.0978. The summed E-state index contributed by atoms with van der Waals surface area (Å²) in [5, 5.41) is 0. The summed E-state index contributed by atoms with van der Waals surface area (Å²) in [6.07, 6.45) is -0.518. The van der Waals surface area contributed by atoms with E-state index in [1.165, 1.54) is 4.90 Å². The van der Waals surface area contributed by atoms with Crippen molar-refractivity contribution in [3.63, 3.8) is 0 Å². The second kappa shape index (κ2) is 8.53. The first kappa shape index (κ1) is 20.7. The molecule has 0 aromatic heterocycles. The first-order valence-corrected chi connectivity index (χ1v) is 11.8. The van der Waals surface area contributed by atoms with Crippen molar-refractivity contribution in [1.82, 2.24) is 4.90 Å².